The van der Waals surface area contributed by atoms with E-state index in [-0.39, 0.29) is 23.1 Å². The average molecular weight is 419 g/mol. The van der Waals surface area contributed by atoms with Gasteiger partial charge in [-0.05, 0) is 24.6 Å². The molecule has 0 fully saturated rings. The summed E-state index contributed by atoms with van der Waals surface area (Å²) in [4.78, 5) is 36.9. The van der Waals surface area contributed by atoms with Crippen molar-refractivity contribution in [3.63, 3.8) is 0 Å². The number of ether oxygens (including phenoxy) is 1. The first-order valence-electron chi connectivity index (χ1n) is 9.54. The van der Waals surface area contributed by atoms with Crippen molar-refractivity contribution in [1.29, 1.82) is 0 Å². The van der Waals surface area contributed by atoms with E-state index < -0.39 is 18.5 Å². The molecule has 1 aromatic heterocycles. The molecule has 3 aromatic rings. The van der Waals surface area contributed by atoms with E-state index in [1.165, 1.54) is 12.1 Å². The number of anilines is 1. The number of hydrogen-bond donors (Lipinski definition) is 2. The molecule has 0 aliphatic heterocycles. The summed E-state index contributed by atoms with van der Waals surface area (Å²) in [5.74, 6) is -1.68. The van der Waals surface area contributed by atoms with E-state index in [4.69, 9.17) is 4.74 Å². The molecule has 0 aliphatic carbocycles. The third-order valence-electron chi connectivity index (χ3n) is 4.47. The van der Waals surface area contributed by atoms with Crippen molar-refractivity contribution < 1.29 is 23.9 Å². The van der Waals surface area contributed by atoms with E-state index in [2.05, 4.69) is 10.6 Å². The predicted octanol–water partition coefficient (Wildman–Crippen LogP) is 2.61. The molecule has 1 atom stereocenters. The molecule has 8 heteroatoms. The Bertz CT molecular complexity index is 1070. The normalized spacial score (nSPS) is 11.3. The maximum absolute atomic E-state index is 12.7. The molecule has 1 heterocycles. The van der Waals surface area contributed by atoms with Crippen LogP contribution < -0.4 is 15.4 Å². The lowest BCUT2D eigenvalue weighted by molar-refractivity contribution is -0.605. The molecule has 2 amide bonds. The van der Waals surface area contributed by atoms with Crippen molar-refractivity contribution in [2.24, 2.45) is 0 Å². The van der Waals surface area contributed by atoms with Crippen LogP contribution >= 0.6 is 0 Å². The predicted molar refractivity (Wildman–Crippen MR) is 113 cm³/mol. The quantitative estimate of drug-likeness (QED) is 0.347. The van der Waals surface area contributed by atoms with Crippen molar-refractivity contribution in [3.05, 3.63) is 101 Å². The number of aromatic nitrogens is 1. The Labute approximate surface area is 179 Å². The number of rotatable bonds is 7. The lowest BCUT2D eigenvalue weighted by atomic mass is 10.1. The van der Waals surface area contributed by atoms with Crippen molar-refractivity contribution in [3.8, 4) is 0 Å². The van der Waals surface area contributed by atoms with Crippen LogP contribution in [0.15, 0.2) is 79.1 Å². The Morgan fingerprint density at radius 1 is 0.968 bits per heavy atom. The lowest BCUT2D eigenvalue weighted by Gasteiger charge is -2.16. The fourth-order valence-corrected chi connectivity index (χ4v) is 2.84. The number of benzene rings is 2. The van der Waals surface area contributed by atoms with Gasteiger partial charge in [-0.1, -0.05) is 42.5 Å². The number of amides is 2. The van der Waals surface area contributed by atoms with Gasteiger partial charge in [-0.15, -0.1) is 0 Å². The van der Waals surface area contributed by atoms with Gasteiger partial charge < -0.3 is 20.6 Å². The highest BCUT2D eigenvalue weighted by Crippen LogP contribution is 2.18. The zero-order valence-corrected chi connectivity index (χ0v) is 16.8. The van der Waals surface area contributed by atoms with Crippen LogP contribution in [0.2, 0.25) is 0 Å². The third kappa shape index (κ3) is 5.89. The number of nitrogens with one attached hydrogen (secondary N) is 2. The van der Waals surface area contributed by atoms with Gasteiger partial charge in [0.05, 0.1) is 22.9 Å². The van der Waals surface area contributed by atoms with Gasteiger partial charge in [0.2, 0.25) is 0 Å². The summed E-state index contributed by atoms with van der Waals surface area (Å²) in [6.45, 7) is 1.33. The van der Waals surface area contributed by atoms with E-state index in [1.54, 1.807) is 24.3 Å². The molecule has 31 heavy (non-hydrogen) atoms. The second kappa shape index (κ2) is 10.0. The molecule has 2 aromatic carbocycles. The third-order valence-corrected chi connectivity index (χ3v) is 4.47. The van der Waals surface area contributed by atoms with Crippen LogP contribution in [0.25, 0.3) is 0 Å². The number of carbonyl (C=O) groups is 3. The molecule has 0 radical (unpaired) electrons. The Morgan fingerprint density at radius 3 is 2.32 bits per heavy atom. The molecule has 0 unspecified atom stereocenters. The standard InChI is InChI=1S/C23H21N3O5/c1-16(17-7-3-2-4-8-17)24-22(28)19-9-5-6-10-20(19)25-21(27)15-31-23(29)18-11-13-26(30)14-12-18/h2-14,16H,15H2,1H3,(H,24,28)(H,25,27)/t16-/m0/s1. The number of para-hydroxylation sites is 1. The highest BCUT2D eigenvalue weighted by Gasteiger charge is 2.17. The van der Waals surface area contributed by atoms with Gasteiger partial charge in [-0.3, -0.25) is 9.59 Å². The largest absolute Gasteiger partial charge is 0.619 e. The summed E-state index contributed by atoms with van der Waals surface area (Å²) in [5, 5.41) is 16.5. The fraction of sp³-hybridized carbons (Fsp3) is 0.130. The fourth-order valence-electron chi connectivity index (χ4n) is 2.84. The maximum Gasteiger partial charge on any atom is 0.339 e. The van der Waals surface area contributed by atoms with Crippen LogP contribution in [-0.4, -0.2) is 24.4 Å². The zero-order valence-electron chi connectivity index (χ0n) is 16.8. The Balaban J connectivity index is 1.60. The average Bonchev–Trinajstić information content (AvgIpc) is 2.79. The molecule has 8 nitrogen and oxygen atoms in total. The first-order chi connectivity index (χ1) is 14.9. The van der Waals surface area contributed by atoms with Crippen LogP contribution in [0.3, 0.4) is 0 Å². The smallest absolute Gasteiger partial charge is 0.339 e. The second-order valence-corrected chi connectivity index (χ2v) is 6.72. The number of hydrogen-bond acceptors (Lipinski definition) is 5. The van der Waals surface area contributed by atoms with Gasteiger partial charge >= 0.3 is 5.97 Å². The highest BCUT2D eigenvalue weighted by atomic mass is 16.5. The van der Waals surface area contributed by atoms with E-state index in [0.29, 0.717) is 10.4 Å². The number of carbonyl (C=O) groups excluding carboxylic acids is 3. The molecule has 0 aliphatic rings. The molecule has 0 saturated carbocycles. The minimum atomic E-state index is -0.738. The van der Waals surface area contributed by atoms with Gasteiger partial charge in [0, 0.05) is 12.1 Å². The zero-order chi connectivity index (χ0) is 22.2. The second-order valence-electron chi connectivity index (χ2n) is 6.72. The first kappa shape index (κ1) is 21.5. The van der Waals surface area contributed by atoms with E-state index in [1.807, 2.05) is 37.3 Å². The summed E-state index contributed by atoms with van der Waals surface area (Å²) >= 11 is 0. The topological polar surface area (TPSA) is 111 Å². The van der Waals surface area contributed by atoms with Gasteiger partial charge in [0.1, 0.15) is 0 Å². The molecular weight excluding hydrogens is 398 g/mol. The SMILES string of the molecule is C[C@H](NC(=O)c1ccccc1NC(=O)COC(=O)c1cc[n+]([O-])cc1)c1ccccc1. The van der Waals surface area contributed by atoms with Crippen molar-refractivity contribution in [2.75, 3.05) is 11.9 Å². The number of nitrogens with zero attached hydrogens (tertiary/aromatic N) is 1. The van der Waals surface area contributed by atoms with Crippen LogP contribution in [0, 0.1) is 5.21 Å². The summed E-state index contributed by atoms with van der Waals surface area (Å²) in [6.07, 6.45) is 2.31. The first-order valence-corrected chi connectivity index (χ1v) is 9.54. The molecular formula is C23H21N3O5. The summed E-state index contributed by atoms with van der Waals surface area (Å²) < 4.78 is 5.49. The Hall–Kier alpha value is -4.20. The van der Waals surface area contributed by atoms with Crippen molar-refractivity contribution >= 4 is 23.5 Å². The van der Waals surface area contributed by atoms with E-state index >= 15 is 0 Å². The van der Waals surface area contributed by atoms with Gasteiger partial charge in [-0.25, -0.2) is 4.79 Å². The van der Waals surface area contributed by atoms with Crippen LogP contribution in [0.1, 0.15) is 39.2 Å². The van der Waals surface area contributed by atoms with Gasteiger partial charge in [-0.2, -0.15) is 4.73 Å². The molecule has 0 spiro atoms. The summed E-state index contributed by atoms with van der Waals surface area (Å²) in [7, 11) is 0. The summed E-state index contributed by atoms with van der Waals surface area (Å²) in [5.41, 5.74) is 1.68. The highest BCUT2D eigenvalue weighted by molar-refractivity contribution is 6.04. The monoisotopic (exact) mass is 419 g/mol. The maximum atomic E-state index is 12.7. The van der Waals surface area contributed by atoms with Crippen LogP contribution in [-0.2, 0) is 9.53 Å². The Kier molecular flexibility index (Phi) is 6.95. The number of pyridine rings is 1. The van der Waals surface area contributed by atoms with E-state index in [0.717, 1.165) is 18.0 Å². The number of esters is 1. The Morgan fingerprint density at radius 2 is 1.61 bits per heavy atom. The van der Waals surface area contributed by atoms with Gasteiger partial charge in [0.15, 0.2) is 19.0 Å². The minimum absolute atomic E-state index is 0.148. The summed E-state index contributed by atoms with van der Waals surface area (Å²) in [6, 6.07) is 18.4. The van der Waals surface area contributed by atoms with Crippen molar-refractivity contribution in [2.45, 2.75) is 13.0 Å². The van der Waals surface area contributed by atoms with E-state index in [9.17, 15) is 19.6 Å². The van der Waals surface area contributed by atoms with Gasteiger partial charge in [0.25, 0.3) is 11.8 Å². The molecule has 2 N–H and O–H groups in total. The molecule has 158 valence electrons. The van der Waals surface area contributed by atoms with Crippen LogP contribution in [0.4, 0.5) is 5.69 Å². The molecule has 3 rings (SSSR count). The lowest BCUT2D eigenvalue weighted by Crippen LogP contribution is -2.28. The van der Waals surface area contributed by atoms with Crippen molar-refractivity contribution in [1.82, 2.24) is 5.32 Å². The van der Waals surface area contributed by atoms with Crippen LogP contribution in [0.5, 0.6) is 0 Å². The minimum Gasteiger partial charge on any atom is -0.619 e. The molecule has 0 saturated heterocycles. The molecule has 0 bridgehead atoms.